The molecule has 0 aliphatic carbocycles. The highest BCUT2D eigenvalue weighted by Crippen LogP contribution is 2.26. The van der Waals surface area contributed by atoms with Crippen LogP contribution in [0.2, 0.25) is 5.02 Å². The van der Waals surface area contributed by atoms with Crippen molar-refractivity contribution in [1.82, 2.24) is 24.5 Å². The highest BCUT2D eigenvalue weighted by atomic mass is 35.5. The first kappa shape index (κ1) is 22.1. The second kappa shape index (κ2) is 9.58. The summed E-state index contributed by atoms with van der Waals surface area (Å²) in [6, 6.07) is 12.7. The molecule has 8 nitrogen and oxygen atoms in total. The van der Waals surface area contributed by atoms with Crippen LogP contribution < -0.4 is 0 Å². The molecule has 2 aromatic heterocycles. The molecule has 1 aliphatic rings. The van der Waals surface area contributed by atoms with Gasteiger partial charge in [-0.3, -0.25) is 14.5 Å². The molecule has 0 bridgehead atoms. The Bertz CT molecular complexity index is 1080. The summed E-state index contributed by atoms with van der Waals surface area (Å²) in [5.41, 5.74) is 1.82. The van der Waals surface area contributed by atoms with Crippen LogP contribution in [0.4, 0.5) is 0 Å². The number of nitrogens with zero attached hydrogens (tertiary/aromatic N) is 5. The van der Waals surface area contributed by atoms with Crippen LogP contribution >= 0.6 is 11.6 Å². The Morgan fingerprint density at radius 3 is 2.56 bits per heavy atom. The monoisotopic (exact) mass is 455 g/mol. The lowest BCUT2D eigenvalue weighted by atomic mass is 10.2. The second-order valence-corrected chi connectivity index (χ2v) is 8.43. The van der Waals surface area contributed by atoms with E-state index in [1.807, 2.05) is 18.2 Å². The van der Waals surface area contributed by atoms with Gasteiger partial charge >= 0.3 is 0 Å². The standard InChI is InChI=1S/C23H26ClN5O3/c1-26(2)22(30)16-27-10-4-11-28(13-12-27)23(31)19-15-20(21-5-3-14-32-21)29(25-19)18-8-6-17(24)7-9-18/h3,5-9,14-15H,4,10-13,16H2,1-2H3. The third-order valence-corrected chi connectivity index (χ3v) is 5.76. The van der Waals surface area contributed by atoms with E-state index < -0.39 is 0 Å². The van der Waals surface area contributed by atoms with Crippen molar-refractivity contribution >= 4 is 23.4 Å². The van der Waals surface area contributed by atoms with E-state index in [-0.39, 0.29) is 11.8 Å². The molecule has 32 heavy (non-hydrogen) atoms. The number of carbonyl (C=O) groups is 2. The molecule has 0 N–H and O–H groups in total. The van der Waals surface area contributed by atoms with E-state index in [0.717, 1.165) is 18.7 Å². The van der Waals surface area contributed by atoms with Crippen LogP contribution in [0, 0.1) is 0 Å². The van der Waals surface area contributed by atoms with Crippen molar-refractivity contribution in [3.8, 4) is 17.1 Å². The Kier molecular flexibility index (Phi) is 6.62. The first-order valence-corrected chi connectivity index (χ1v) is 10.9. The van der Waals surface area contributed by atoms with Crippen molar-refractivity contribution in [1.29, 1.82) is 0 Å². The summed E-state index contributed by atoms with van der Waals surface area (Å²) in [6.45, 7) is 2.95. The summed E-state index contributed by atoms with van der Waals surface area (Å²) in [4.78, 5) is 30.8. The number of benzene rings is 1. The molecule has 3 heterocycles. The molecule has 0 atom stereocenters. The SMILES string of the molecule is CN(C)C(=O)CN1CCCN(C(=O)c2cc(-c3ccco3)n(-c3ccc(Cl)cc3)n2)CC1. The zero-order valence-corrected chi connectivity index (χ0v) is 19.0. The molecular formula is C23H26ClN5O3. The van der Waals surface area contributed by atoms with Gasteiger partial charge in [0.2, 0.25) is 5.91 Å². The van der Waals surface area contributed by atoms with E-state index >= 15 is 0 Å². The largest absolute Gasteiger partial charge is 0.463 e. The quantitative estimate of drug-likeness (QED) is 0.591. The maximum absolute atomic E-state index is 13.3. The number of carbonyl (C=O) groups excluding carboxylic acids is 2. The molecule has 168 valence electrons. The van der Waals surface area contributed by atoms with Gasteiger partial charge in [-0.2, -0.15) is 5.10 Å². The van der Waals surface area contributed by atoms with Crippen LogP contribution in [0.1, 0.15) is 16.9 Å². The number of likely N-dealkylation sites (N-methyl/N-ethyl adjacent to an activating group) is 1. The van der Waals surface area contributed by atoms with E-state index in [1.165, 1.54) is 0 Å². The number of halogens is 1. The van der Waals surface area contributed by atoms with Gasteiger partial charge in [0.05, 0.1) is 18.5 Å². The third-order valence-electron chi connectivity index (χ3n) is 5.51. The minimum Gasteiger partial charge on any atom is -0.463 e. The predicted octanol–water partition coefficient (Wildman–Crippen LogP) is 3.02. The predicted molar refractivity (Wildman–Crippen MR) is 122 cm³/mol. The molecule has 9 heteroatoms. The summed E-state index contributed by atoms with van der Waals surface area (Å²) in [6.07, 6.45) is 2.39. The maximum Gasteiger partial charge on any atom is 0.274 e. The first-order valence-electron chi connectivity index (χ1n) is 10.5. The van der Waals surface area contributed by atoms with Gasteiger partial charge < -0.3 is 14.2 Å². The molecule has 0 radical (unpaired) electrons. The highest BCUT2D eigenvalue weighted by molar-refractivity contribution is 6.30. The van der Waals surface area contributed by atoms with Crippen molar-refractivity contribution in [3.05, 3.63) is 59.4 Å². The van der Waals surface area contributed by atoms with E-state index in [2.05, 4.69) is 10.00 Å². The van der Waals surface area contributed by atoms with E-state index in [1.54, 1.807) is 59.1 Å². The van der Waals surface area contributed by atoms with Gasteiger partial charge in [-0.15, -0.1) is 0 Å². The highest BCUT2D eigenvalue weighted by Gasteiger charge is 2.25. The molecule has 2 amide bonds. The molecular weight excluding hydrogens is 430 g/mol. The summed E-state index contributed by atoms with van der Waals surface area (Å²) in [7, 11) is 3.51. The molecule has 4 rings (SSSR count). The smallest absolute Gasteiger partial charge is 0.274 e. The van der Waals surface area contributed by atoms with Gasteiger partial charge in [-0.25, -0.2) is 4.68 Å². The Morgan fingerprint density at radius 1 is 1.09 bits per heavy atom. The normalized spacial score (nSPS) is 14.9. The summed E-state index contributed by atoms with van der Waals surface area (Å²) < 4.78 is 7.28. The van der Waals surface area contributed by atoms with Crippen LogP contribution in [0.15, 0.2) is 53.1 Å². The van der Waals surface area contributed by atoms with Gasteiger partial charge in [-0.05, 0) is 42.8 Å². The maximum atomic E-state index is 13.3. The van der Waals surface area contributed by atoms with Crippen molar-refractivity contribution in [2.24, 2.45) is 0 Å². The Hall–Kier alpha value is -3.10. The van der Waals surface area contributed by atoms with E-state index in [4.69, 9.17) is 16.0 Å². The number of hydrogen-bond acceptors (Lipinski definition) is 5. The number of rotatable bonds is 5. The fourth-order valence-corrected chi connectivity index (χ4v) is 3.82. The van der Waals surface area contributed by atoms with Crippen LogP contribution in [0.25, 0.3) is 17.1 Å². The van der Waals surface area contributed by atoms with Gasteiger partial charge in [0.15, 0.2) is 11.5 Å². The van der Waals surface area contributed by atoms with E-state index in [0.29, 0.717) is 48.3 Å². The lowest BCUT2D eigenvalue weighted by molar-refractivity contribution is -0.129. The van der Waals surface area contributed by atoms with Gasteiger partial charge in [0, 0.05) is 51.4 Å². The summed E-state index contributed by atoms with van der Waals surface area (Å²) in [5, 5.41) is 5.23. The zero-order valence-electron chi connectivity index (χ0n) is 18.2. The van der Waals surface area contributed by atoms with E-state index in [9.17, 15) is 9.59 Å². The average Bonchev–Trinajstić information content (AvgIpc) is 3.40. The third kappa shape index (κ3) is 4.87. The number of hydrogen-bond donors (Lipinski definition) is 0. The van der Waals surface area contributed by atoms with Crippen molar-refractivity contribution in [2.75, 3.05) is 46.8 Å². The number of aromatic nitrogens is 2. The molecule has 1 aliphatic heterocycles. The summed E-state index contributed by atoms with van der Waals surface area (Å²) >= 11 is 6.03. The minimum absolute atomic E-state index is 0.0644. The van der Waals surface area contributed by atoms with Crippen molar-refractivity contribution in [2.45, 2.75) is 6.42 Å². The molecule has 0 unspecified atom stereocenters. The van der Waals surface area contributed by atoms with Gasteiger partial charge in [-0.1, -0.05) is 11.6 Å². The Balaban J connectivity index is 1.55. The summed E-state index contributed by atoms with van der Waals surface area (Å²) in [5.74, 6) is 0.552. The topological polar surface area (TPSA) is 74.8 Å². The number of amides is 2. The van der Waals surface area contributed by atoms with Crippen LogP contribution in [-0.2, 0) is 4.79 Å². The molecule has 1 fully saturated rings. The lowest BCUT2D eigenvalue weighted by Crippen LogP contribution is -2.39. The molecule has 0 saturated carbocycles. The molecule has 1 saturated heterocycles. The fraction of sp³-hybridized carbons (Fsp3) is 0.348. The minimum atomic E-state index is -0.133. The molecule has 1 aromatic carbocycles. The van der Waals surface area contributed by atoms with Crippen LogP contribution in [0.3, 0.4) is 0 Å². The van der Waals surface area contributed by atoms with Gasteiger partial charge in [0.25, 0.3) is 5.91 Å². The Morgan fingerprint density at radius 2 is 1.88 bits per heavy atom. The first-order chi connectivity index (χ1) is 15.4. The van der Waals surface area contributed by atoms with Crippen molar-refractivity contribution in [3.63, 3.8) is 0 Å². The molecule has 0 spiro atoms. The average molecular weight is 456 g/mol. The van der Waals surface area contributed by atoms with Gasteiger partial charge in [0.1, 0.15) is 5.69 Å². The Labute approximate surface area is 191 Å². The zero-order chi connectivity index (χ0) is 22.7. The van der Waals surface area contributed by atoms with Crippen LogP contribution in [0.5, 0.6) is 0 Å². The second-order valence-electron chi connectivity index (χ2n) is 7.99. The van der Waals surface area contributed by atoms with Crippen LogP contribution in [-0.4, -0.2) is 83.1 Å². The lowest BCUT2D eigenvalue weighted by Gasteiger charge is -2.22. The molecule has 3 aromatic rings. The fourth-order valence-electron chi connectivity index (χ4n) is 3.69. The van der Waals surface area contributed by atoms with Crippen molar-refractivity contribution < 1.29 is 14.0 Å². The number of furan rings is 1.